The summed E-state index contributed by atoms with van der Waals surface area (Å²) in [4.78, 5) is -1.69. The van der Waals surface area contributed by atoms with Crippen LogP contribution < -0.4 is 4.74 Å². The number of halogens is 4. The molecule has 1 rings (SSSR count). The number of nitrogens with zero attached hydrogens (tertiary/aromatic N) is 1. The van der Waals surface area contributed by atoms with Crippen LogP contribution in [0.3, 0.4) is 0 Å². The summed E-state index contributed by atoms with van der Waals surface area (Å²) in [5, 5.41) is 8.44. The number of alkyl halides is 4. The van der Waals surface area contributed by atoms with Gasteiger partial charge in [0.15, 0.2) is 0 Å². The summed E-state index contributed by atoms with van der Waals surface area (Å²) >= 11 is 2.50. The molecule has 1 unspecified atom stereocenters. The molecule has 0 aliphatic heterocycles. The molecule has 0 aliphatic rings. The number of hydrogen-bond donors (Lipinski definition) is 0. The van der Waals surface area contributed by atoms with Crippen molar-refractivity contribution in [2.75, 3.05) is 6.61 Å². The Kier molecular flexibility index (Phi) is 4.82. The predicted molar refractivity (Wildman–Crippen MR) is 60.0 cm³/mol. The van der Waals surface area contributed by atoms with Crippen LogP contribution in [0.2, 0.25) is 0 Å². The van der Waals surface area contributed by atoms with Crippen molar-refractivity contribution in [2.45, 2.75) is 17.4 Å². The third-order valence-electron chi connectivity index (χ3n) is 1.96. The fourth-order valence-electron chi connectivity index (χ4n) is 1.06. The number of rotatable bonds is 4. The Balaban J connectivity index is 2.51. The van der Waals surface area contributed by atoms with Crippen LogP contribution in [0.1, 0.15) is 5.56 Å². The van der Waals surface area contributed by atoms with Gasteiger partial charge in [-0.15, -0.1) is 0 Å². The number of ether oxygens (including phenoxy) is 1. The summed E-state index contributed by atoms with van der Waals surface area (Å²) in [6.07, 6.45) is -4.05. The Hall–Kier alpha value is -1.22. The van der Waals surface area contributed by atoms with Crippen LogP contribution in [-0.4, -0.2) is 17.6 Å². The van der Waals surface area contributed by atoms with Crippen molar-refractivity contribution in [1.29, 1.82) is 5.26 Å². The van der Waals surface area contributed by atoms with Gasteiger partial charge < -0.3 is 4.74 Å². The van der Waals surface area contributed by atoms with Gasteiger partial charge in [-0.2, -0.15) is 18.4 Å². The highest BCUT2D eigenvalue weighted by Gasteiger charge is 2.38. The molecule has 6 heteroatoms. The van der Waals surface area contributed by atoms with E-state index in [4.69, 9.17) is 10.00 Å². The Bertz CT molecular complexity index is 397. The van der Waals surface area contributed by atoms with Crippen LogP contribution in [0.4, 0.5) is 13.2 Å². The van der Waals surface area contributed by atoms with E-state index in [-0.39, 0.29) is 6.42 Å². The third-order valence-corrected chi connectivity index (χ3v) is 2.74. The van der Waals surface area contributed by atoms with Crippen molar-refractivity contribution in [1.82, 2.24) is 0 Å². The summed E-state index contributed by atoms with van der Waals surface area (Å²) in [7, 11) is 0. The molecule has 1 atom stereocenters. The van der Waals surface area contributed by atoms with E-state index in [1.165, 1.54) is 0 Å². The van der Waals surface area contributed by atoms with Gasteiger partial charge in [0.1, 0.15) is 17.2 Å². The van der Waals surface area contributed by atoms with Gasteiger partial charge in [-0.1, -0.05) is 28.1 Å². The largest absolute Gasteiger partial charge is 0.492 e. The highest BCUT2D eigenvalue weighted by atomic mass is 79.9. The number of hydrogen-bond acceptors (Lipinski definition) is 2. The van der Waals surface area contributed by atoms with E-state index >= 15 is 0 Å². The van der Waals surface area contributed by atoms with Crippen LogP contribution in [0.5, 0.6) is 5.75 Å². The molecule has 0 saturated carbocycles. The van der Waals surface area contributed by atoms with E-state index in [2.05, 4.69) is 15.9 Å². The summed E-state index contributed by atoms with van der Waals surface area (Å²) in [6.45, 7) is -0.485. The lowest BCUT2D eigenvalue weighted by Crippen LogP contribution is -2.28. The van der Waals surface area contributed by atoms with Crippen molar-refractivity contribution >= 4 is 15.9 Å². The zero-order valence-corrected chi connectivity index (χ0v) is 10.3. The number of nitriles is 1. The molecule has 0 spiro atoms. The van der Waals surface area contributed by atoms with Gasteiger partial charge in [0.2, 0.25) is 0 Å². The molecule has 0 N–H and O–H groups in total. The van der Waals surface area contributed by atoms with Crippen molar-refractivity contribution < 1.29 is 17.9 Å². The first-order valence-electron chi connectivity index (χ1n) is 4.73. The normalized spacial score (nSPS) is 12.9. The van der Waals surface area contributed by atoms with Gasteiger partial charge in [0, 0.05) is 0 Å². The molecular formula is C11H9BrF3NO. The highest BCUT2D eigenvalue weighted by molar-refractivity contribution is 9.09. The zero-order valence-electron chi connectivity index (χ0n) is 8.67. The predicted octanol–water partition coefficient (Wildman–Crippen LogP) is 3.46. The van der Waals surface area contributed by atoms with Gasteiger partial charge in [0.05, 0.1) is 12.5 Å². The quantitative estimate of drug-likeness (QED) is 0.798. The minimum Gasteiger partial charge on any atom is -0.492 e. The summed E-state index contributed by atoms with van der Waals surface area (Å²) < 4.78 is 41.4. The van der Waals surface area contributed by atoms with E-state index in [0.717, 1.165) is 5.56 Å². The topological polar surface area (TPSA) is 33.0 Å². The fourth-order valence-corrected chi connectivity index (χ4v) is 1.19. The Morgan fingerprint density at radius 3 is 2.35 bits per heavy atom. The minimum absolute atomic E-state index is 0.268. The Labute approximate surface area is 105 Å². The lowest BCUT2D eigenvalue weighted by Gasteiger charge is -2.14. The SMILES string of the molecule is N#CCc1ccc(OCC(Br)C(F)(F)F)cc1. The second-order valence-corrected chi connectivity index (χ2v) is 4.40. The summed E-state index contributed by atoms with van der Waals surface area (Å²) in [5.74, 6) is 0.348. The lowest BCUT2D eigenvalue weighted by atomic mass is 10.2. The molecule has 0 heterocycles. The lowest BCUT2D eigenvalue weighted by molar-refractivity contribution is -0.132. The minimum atomic E-state index is -4.32. The van der Waals surface area contributed by atoms with Crippen molar-refractivity contribution in [2.24, 2.45) is 0 Å². The first-order valence-corrected chi connectivity index (χ1v) is 5.64. The van der Waals surface area contributed by atoms with Crippen molar-refractivity contribution in [3.8, 4) is 11.8 Å². The first-order chi connectivity index (χ1) is 7.93. The Morgan fingerprint density at radius 2 is 1.88 bits per heavy atom. The highest BCUT2D eigenvalue weighted by Crippen LogP contribution is 2.27. The first kappa shape index (κ1) is 13.8. The molecule has 1 aromatic carbocycles. The summed E-state index contributed by atoms with van der Waals surface area (Å²) in [5.41, 5.74) is 0.797. The average Bonchev–Trinajstić information content (AvgIpc) is 2.27. The molecule has 92 valence electrons. The molecule has 0 aromatic heterocycles. The van der Waals surface area contributed by atoms with E-state index in [9.17, 15) is 13.2 Å². The molecule has 0 saturated heterocycles. The third kappa shape index (κ3) is 4.65. The molecule has 0 aliphatic carbocycles. The van der Waals surface area contributed by atoms with E-state index in [1.54, 1.807) is 24.3 Å². The molecule has 0 radical (unpaired) electrons. The Morgan fingerprint density at radius 1 is 1.29 bits per heavy atom. The van der Waals surface area contributed by atoms with Crippen molar-refractivity contribution in [3.63, 3.8) is 0 Å². The maximum absolute atomic E-state index is 12.2. The van der Waals surface area contributed by atoms with Gasteiger partial charge in [-0.05, 0) is 17.7 Å². The second-order valence-electron chi connectivity index (χ2n) is 3.30. The van der Waals surface area contributed by atoms with E-state index in [0.29, 0.717) is 5.75 Å². The van der Waals surface area contributed by atoms with Crippen molar-refractivity contribution in [3.05, 3.63) is 29.8 Å². The van der Waals surface area contributed by atoms with E-state index in [1.807, 2.05) is 6.07 Å². The smallest absolute Gasteiger partial charge is 0.404 e. The standard InChI is InChI=1S/C11H9BrF3NO/c12-10(11(13,14)15)7-17-9-3-1-8(2-4-9)5-6-16/h1-4,10H,5,7H2. The molecular weight excluding hydrogens is 299 g/mol. The van der Waals surface area contributed by atoms with Gasteiger partial charge >= 0.3 is 6.18 Å². The van der Waals surface area contributed by atoms with Crippen LogP contribution in [-0.2, 0) is 6.42 Å². The maximum Gasteiger partial charge on any atom is 0.404 e. The van der Waals surface area contributed by atoms with Crippen LogP contribution in [0.25, 0.3) is 0 Å². The zero-order chi connectivity index (χ0) is 12.9. The van der Waals surface area contributed by atoms with E-state index < -0.39 is 17.6 Å². The molecule has 0 bridgehead atoms. The summed E-state index contributed by atoms with van der Waals surface area (Å²) in [6, 6.07) is 8.36. The second kappa shape index (κ2) is 5.92. The van der Waals surface area contributed by atoms with Gasteiger partial charge in [0.25, 0.3) is 0 Å². The monoisotopic (exact) mass is 307 g/mol. The molecule has 0 amide bonds. The molecule has 17 heavy (non-hydrogen) atoms. The van der Waals surface area contributed by atoms with Gasteiger partial charge in [-0.3, -0.25) is 0 Å². The molecule has 2 nitrogen and oxygen atoms in total. The van der Waals surface area contributed by atoms with Crippen LogP contribution in [0.15, 0.2) is 24.3 Å². The average molecular weight is 308 g/mol. The number of benzene rings is 1. The molecule has 0 fully saturated rings. The fraction of sp³-hybridized carbons (Fsp3) is 0.364. The van der Waals surface area contributed by atoms with Crippen LogP contribution in [0, 0.1) is 11.3 Å². The maximum atomic E-state index is 12.2. The van der Waals surface area contributed by atoms with Crippen LogP contribution >= 0.6 is 15.9 Å². The van der Waals surface area contributed by atoms with Gasteiger partial charge in [-0.25, -0.2) is 0 Å². The molecule has 1 aromatic rings.